The number of ketones is 2. The van der Waals surface area contributed by atoms with Gasteiger partial charge in [0, 0.05) is 11.8 Å². The van der Waals surface area contributed by atoms with Crippen molar-refractivity contribution in [3.63, 3.8) is 0 Å². The normalized spacial score (nSPS) is 13.0. The maximum Gasteiger partial charge on any atom is 0.136 e. The molecule has 0 spiro atoms. The fourth-order valence-corrected chi connectivity index (χ4v) is 2.25. The van der Waals surface area contributed by atoms with Crippen LogP contribution in [0.15, 0.2) is 95.2 Å². The third-order valence-corrected chi connectivity index (χ3v) is 5.97. The Morgan fingerprint density at radius 2 is 0.651 bits per heavy atom. The lowest BCUT2D eigenvalue weighted by Gasteiger charge is -1.96. The molecular weight excluding hydrogens is 524 g/mol. The first-order valence-corrected chi connectivity index (χ1v) is 15.7. The van der Waals surface area contributed by atoms with Crippen LogP contribution in [0.3, 0.4) is 0 Å². The van der Waals surface area contributed by atoms with Gasteiger partial charge in [-0.3, -0.25) is 9.59 Å². The summed E-state index contributed by atoms with van der Waals surface area (Å²) in [5.41, 5.74) is 5.22. The lowest BCUT2D eigenvalue weighted by atomic mass is 10.1. The van der Waals surface area contributed by atoms with E-state index in [1.54, 1.807) is 13.8 Å². The van der Waals surface area contributed by atoms with Crippen LogP contribution in [0.4, 0.5) is 0 Å². The Bertz CT molecular complexity index is 850. The van der Waals surface area contributed by atoms with Crippen molar-refractivity contribution in [2.24, 2.45) is 23.7 Å². The van der Waals surface area contributed by atoms with Gasteiger partial charge in [0.05, 0.1) is 0 Å². The van der Waals surface area contributed by atoms with E-state index in [2.05, 4.69) is 91.8 Å². The Morgan fingerprint density at radius 3 is 0.814 bits per heavy atom. The highest BCUT2D eigenvalue weighted by molar-refractivity contribution is 5.80. The quantitative estimate of drug-likeness (QED) is 0.210. The Hall–Kier alpha value is -2.74. The SMILES string of the molecule is C.CC(=O)C(C)C=CC=C(C)C.CC(=O)C(C)C=CC=C(C)C.CCC(C)C=CC=C(C)C.CCC(C)C=CC=C(C)C. The van der Waals surface area contributed by atoms with Gasteiger partial charge in [-0.1, -0.05) is 157 Å². The van der Waals surface area contributed by atoms with E-state index in [1.807, 2.05) is 78.0 Å². The first-order chi connectivity index (χ1) is 19.4. The summed E-state index contributed by atoms with van der Waals surface area (Å²) in [4.78, 5) is 21.5. The molecule has 0 rings (SSSR count). The van der Waals surface area contributed by atoms with Crippen LogP contribution >= 0.6 is 0 Å². The Labute approximate surface area is 270 Å². The van der Waals surface area contributed by atoms with Crippen LogP contribution < -0.4 is 0 Å². The third-order valence-electron chi connectivity index (χ3n) is 5.97. The Morgan fingerprint density at radius 1 is 0.442 bits per heavy atom. The van der Waals surface area contributed by atoms with Crippen molar-refractivity contribution < 1.29 is 9.59 Å². The molecule has 0 aromatic rings. The summed E-state index contributed by atoms with van der Waals surface area (Å²) in [7, 11) is 0. The lowest BCUT2D eigenvalue weighted by Crippen LogP contribution is -2.01. The van der Waals surface area contributed by atoms with E-state index in [0.717, 1.165) is 11.8 Å². The van der Waals surface area contributed by atoms with Gasteiger partial charge in [0.2, 0.25) is 0 Å². The van der Waals surface area contributed by atoms with E-state index in [1.165, 1.54) is 35.1 Å². The summed E-state index contributed by atoms with van der Waals surface area (Å²) in [6.07, 6.45) is 27.2. The van der Waals surface area contributed by atoms with E-state index in [-0.39, 0.29) is 30.8 Å². The molecule has 0 heterocycles. The molecule has 0 aromatic carbocycles. The minimum Gasteiger partial charge on any atom is -0.299 e. The zero-order valence-electron chi connectivity index (χ0n) is 30.5. The topological polar surface area (TPSA) is 34.1 Å². The molecule has 0 fully saturated rings. The van der Waals surface area contributed by atoms with E-state index in [0.29, 0.717) is 0 Å². The van der Waals surface area contributed by atoms with Gasteiger partial charge >= 0.3 is 0 Å². The highest BCUT2D eigenvalue weighted by atomic mass is 16.1. The van der Waals surface area contributed by atoms with Crippen LogP contribution in [0.25, 0.3) is 0 Å². The van der Waals surface area contributed by atoms with Crippen molar-refractivity contribution in [1.82, 2.24) is 0 Å². The molecule has 0 aliphatic rings. The molecule has 0 aliphatic carbocycles. The summed E-state index contributed by atoms with van der Waals surface area (Å²) >= 11 is 0. The van der Waals surface area contributed by atoms with Gasteiger partial charge in [-0.05, 0) is 81.1 Å². The fraction of sp³-hybridized carbons (Fsp3) is 0.561. The fourth-order valence-electron chi connectivity index (χ4n) is 2.25. The van der Waals surface area contributed by atoms with Gasteiger partial charge in [0.1, 0.15) is 11.6 Å². The number of hydrogen-bond donors (Lipinski definition) is 0. The summed E-state index contributed by atoms with van der Waals surface area (Å²) in [5, 5.41) is 0. The van der Waals surface area contributed by atoms with Crippen LogP contribution in [0, 0.1) is 23.7 Å². The molecule has 0 amide bonds. The summed E-state index contributed by atoms with van der Waals surface area (Å²) in [5.74, 6) is 1.95. The number of carbonyl (C=O) groups excluding carboxylic acids is 2. The van der Waals surface area contributed by atoms with Crippen LogP contribution in [0.1, 0.15) is 131 Å². The molecule has 43 heavy (non-hydrogen) atoms. The number of allylic oxidation sites excluding steroid dienone is 16. The van der Waals surface area contributed by atoms with Crippen LogP contribution in [-0.2, 0) is 9.59 Å². The maximum absolute atomic E-state index is 10.7. The predicted octanol–water partition coefficient (Wildman–Crippen LogP) is 13.2. The molecule has 248 valence electrons. The van der Waals surface area contributed by atoms with Crippen molar-refractivity contribution in [1.29, 1.82) is 0 Å². The molecule has 0 aliphatic heterocycles. The first-order valence-electron chi connectivity index (χ1n) is 15.7. The van der Waals surface area contributed by atoms with Gasteiger partial charge < -0.3 is 0 Å². The van der Waals surface area contributed by atoms with E-state index >= 15 is 0 Å². The van der Waals surface area contributed by atoms with Gasteiger partial charge in [-0.25, -0.2) is 0 Å². The first kappa shape index (κ1) is 49.9. The summed E-state index contributed by atoms with van der Waals surface area (Å²) in [6, 6.07) is 0. The van der Waals surface area contributed by atoms with Gasteiger partial charge in [-0.15, -0.1) is 0 Å². The Balaban J connectivity index is -0.000000148. The van der Waals surface area contributed by atoms with Gasteiger partial charge in [0.15, 0.2) is 0 Å². The molecule has 2 heteroatoms. The maximum atomic E-state index is 10.7. The van der Waals surface area contributed by atoms with Gasteiger partial charge in [0.25, 0.3) is 0 Å². The minimum absolute atomic E-state index is 0. The highest BCUT2D eigenvalue weighted by Crippen LogP contribution is 2.03. The van der Waals surface area contributed by atoms with Crippen LogP contribution in [0.5, 0.6) is 0 Å². The predicted molar refractivity (Wildman–Crippen MR) is 200 cm³/mol. The smallest absolute Gasteiger partial charge is 0.136 e. The van der Waals surface area contributed by atoms with Crippen molar-refractivity contribution in [2.75, 3.05) is 0 Å². The molecule has 0 radical (unpaired) electrons. The Kier molecular flexibility index (Phi) is 39.2. The van der Waals surface area contributed by atoms with Crippen molar-refractivity contribution in [3.05, 3.63) is 95.2 Å². The number of carbonyl (C=O) groups is 2. The molecule has 4 unspecified atom stereocenters. The molecule has 0 aromatic heterocycles. The minimum atomic E-state index is 0. The van der Waals surface area contributed by atoms with Crippen LogP contribution in [-0.4, -0.2) is 11.6 Å². The van der Waals surface area contributed by atoms with Gasteiger partial charge in [-0.2, -0.15) is 0 Å². The average molecular weight is 597 g/mol. The third kappa shape index (κ3) is 49.3. The summed E-state index contributed by atoms with van der Waals surface area (Å²) in [6.45, 7) is 32.5. The molecule has 4 atom stereocenters. The van der Waals surface area contributed by atoms with Crippen molar-refractivity contribution >= 4 is 11.6 Å². The second-order valence-electron chi connectivity index (χ2n) is 12.1. The molecule has 0 saturated carbocycles. The average Bonchev–Trinajstić information content (AvgIpc) is 2.88. The van der Waals surface area contributed by atoms with E-state index in [9.17, 15) is 9.59 Å². The largest absolute Gasteiger partial charge is 0.299 e. The zero-order chi connectivity index (χ0) is 33.7. The van der Waals surface area contributed by atoms with Crippen LogP contribution in [0.2, 0.25) is 0 Å². The monoisotopic (exact) mass is 597 g/mol. The number of hydrogen-bond acceptors (Lipinski definition) is 2. The molecule has 0 N–H and O–H groups in total. The second kappa shape index (κ2) is 33.8. The van der Waals surface area contributed by atoms with E-state index in [4.69, 9.17) is 0 Å². The molecule has 2 nitrogen and oxygen atoms in total. The van der Waals surface area contributed by atoms with Crippen molar-refractivity contribution in [3.8, 4) is 0 Å². The lowest BCUT2D eigenvalue weighted by molar-refractivity contribution is -0.119. The molecular formula is C41H72O2. The molecule has 0 saturated heterocycles. The zero-order valence-corrected chi connectivity index (χ0v) is 30.5. The highest BCUT2D eigenvalue weighted by Gasteiger charge is 2.00. The standard InChI is InChI=1S/2C10H16O.2C10H18.CH4/c2*1-8(2)6-5-7-9(3)10(4)11;2*1-5-10(4)8-6-7-9(2)3;/h2*5-7,9H,1-4H3;2*6-8,10H,5H2,1-4H3;1H4. The summed E-state index contributed by atoms with van der Waals surface area (Å²) < 4.78 is 0. The number of Topliss-reactive ketones (excluding diaryl/α,β-unsaturated/α-hetero) is 2. The van der Waals surface area contributed by atoms with E-state index < -0.39 is 0 Å². The molecule has 0 bridgehead atoms. The van der Waals surface area contributed by atoms with Crippen molar-refractivity contribution in [2.45, 2.75) is 131 Å². The number of rotatable bonds is 12. The second-order valence-corrected chi connectivity index (χ2v) is 12.1.